The van der Waals surface area contributed by atoms with Gasteiger partial charge in [0, 0.05) is 31.6 Å². The predicted molar refractivity (Wildman–Crippen MR) is 92.0 cm³/mol. The maximum Gasteiger partial charge on any atom is 0.255 e. The van der Waals surface area contributed by atoms with Crippen molar-refractivity contribution in [1.29, 1.82) is 0 Å². The number of carbonyl (C=O) groups is 1. The van der Waals surface area contributed by atoms with Crippen molar-refractivity contribution in [2.24, 2.45) is 0 Å². The molecule has 0 unspecified atom stereocenters. The van der Waals surface area contributed by atoms with Crippen molar-refractivity contribution < 1.29 is 22.7 Å². The summed E-state index contributed by atoms with van der Waals surface area (Å²) in [5.74, 6) is -0.170. The number of carbonyl (C=O) groups excluding carboxylic acids is 1. The van der Waals surface area contributed by atoms with E-state index in [4.69, 9.17) is 9.47 Å². The molecule has 0 radical (unpaired) electrons. The molecule has 9 heteroatoms. The number of ether oxygens (including phenoxy) is 2. The molecule has 0 saturated carbocycles. The van der Waals surface area contributed by atoms with E-state index < -0.39 is 10.0 Å². The number of methoxy groups -OCH3 is 1. The molecule has 1 saturated heterocycles. The highest BCUT2D eigenvalue weighted by molar-refractivity contribution is 7.98. The number of thioether (sulfide) groups is 1. The molecule has 2 rings (SSSR count). The van der Waals surface area contributed by atoms with E-state index >= 15 is 0 Å². The fraction of sp³-hybridized carbons (Fsp3) is 0.533. The highest BCUT2D eigenvalue weighted by Crippen LogP contribution is 2.25. The molecule has 0 spiro atoms. The van der Waals surface area contributed by atoms with E-state index in [1.54, 1.807) is 11.0 Å². The maximum absolute atomic E-state index is 12.7. The molecular weight excluding hydrogens is 352 g/mol. The van der Waals surface area contributed by atoms with Gasteiger partial charge in [-0.25, -0.2) is 13.1 Å². The van der Waals surface area contributed by atoms with Gasteiger partial charge in [-0.15, -0.1) is 11.8 Å². The summed E-state index contributed by atoms with van der Waals surface area (Å²) in [5, 5.41) is 0. The van der Waals surface area contributed by atoms with E-state index in [2.05, 4.69) is 4.72 Å². The molecule has 134 valence electrons. The summed E-state index contributed by atoms with van der Waals surface area (Å²) in [6.07, 6.45) is 1.86. The van der Waals surface area contributed by atoms with Gasteiger partial charge in [0.25, 0.3) is 5.91 Å². The van der Waals surface area contributed by atoms with Gasteiger partial charge in [-0.05, 0) is 24.5 Å². The average Bonchev–Trinajstić information content (AvgIpc) is 2.61. The van der Waals surface area contributed by atoms with Gasteiger partial charge in [0.05, 0.1) is 30.3 Å². The molecule has 1 fully saturated rings. The number of sulfonamides is 1. The summed E-state index contributed by atoms with van der Waals surface area (Å²) in [5.41, 5.74) is 0.402. The van der Waals surface area contributed by atoms with Gasteiger partial charge >= 0.3 is 0 Å². The summed E-state index contributed by atoms with van der Waals surface area (Å²) in [4.78, 5) is 15.3. The average molecular weight is 374 g/mol. The molecule has 1 aliphatic rings. The zero-order valence-corrected chi connectivity index (χ0v) is 15.4. The largest absolute Gasteiger partial charge is 0.383 e. The van der Waals surface area contributed by atoms with Crippen LogP contribution in [-0.2, 0) is 19.5 Å². The zero-order valence-electron chi connectivity index (χ0n) is 13.8. The summed E-state index contributed by atoms with van der Waals surface area (Å²) < 4.78 is 37.2. The minimum atomic E-state index is -3.68. The van der Waals surface area contributed by atoms with Crippen molar-refractivity contribution in [2.75, 3.05) is 52.8 Å². The number of morpholine rings is 1. The Kier molecular flexibility index (Phi) is 7.05. The lowest BCUT2D eigenvalue weighted by Crippen LogP contribution is -2.41. The first kappa shape index (κ1) is 19.2. The molecule has 1 heterocycles. The topological polar surface area (TPSA) is 84.9 Å². The molecule has 0 aliphatic carbocycles. The molecule has 1 aromatic rings. The minimum Gasteiger partial charge on any atom is -0.383 e. The van der Waals surface area contributed by atoms with Crippen LogP contribution in [0, 0.1) is 0 Å². The van der Waals surface area contributed by atoms with Crippen LogP contribution in [0.25, 0.3) is 0 Å². The van der Waals surface area contributed by atoms with E-state index in [0.29, 0.717) is 31.9 Å². The fourth-order valence-corrected chi connectivity index (χ4v) is 3.93. The van der Waals surface area contributed by atoms with Crippen molar-refractivity contribution in [3.8, 4) is 0 Å². The Morgan fingerprint density at radius 3 is 2.71 bits per heavy atom. The van der Waals surface area contributed by atoms with Crippen LogP contribution in [-0.4, -0.2) is 72.0 Å². The second-order valence-electron chi connectivity index (χ2n) is 5.16. The normalized spacial score (nSPS) is 15.5. The van der Waals surface area contributed by atoms with Crippen LogP contribution >= 0.6 is 11.8 Å². The number of amides is 1. The van der Waals surface area contributed by atoms with Gasteiger partial charge in [0.1, 0.15) is 0 Å². The monoisotopic (exact) mass is 374 g/mol. The summed E-state index contributed by atoms with van der Waals surface area (Å²) >= 11 is 1.41. The summed E-state index contributed by atoms with van der Waals surface area (Å²) in [6, 6.07) is 4.62. The predicted octanol–water partition coefficient (Wildman–Crippen LogP) is 0.806. The lowest BCUT2D eigenvalue weighted by atomic mass is 10.2. The summed E-state index contributed by atoms with van der Waals surface area (Å²) in [6.45, 7) is 2.47. The van der Waals surface area contributed by atoms with Crippen molar-refractivity contribution in [1.82, 2.24) is 9.62 Å². The Balaban J connectivity index is 2.28. The number of hydrogen-bond donors (Lipinski definition) is 1. The number of nitrogens with zero attached hydrogens (tertiary/aromatic N) is 1. The minimum absolute atomic E-state index is 0.0769. The van der Waals surface area contributed by atoms with Gasteiger partial charge in [0.15, 0.2) is 0 Å². The molecule has 1 aromatic carbocycles. The van der Waals surface area contributed by atoms with Crippen LogP contribution in [0.2, 0.25) is 0 Å². The van der Waals surface area contributed by atoms with E-state index in [-0.39, 0.29) is 24.0 Å². The maximum atomic E-state index is 12.7. The van der Waals surface area contributed by atoms with Crippen LogP contribution in [0.3, 0.4) is 0 Å². The first-order valence-electron chi connectivity index (χ1n) is 7.53. The van der Waals surface area contributed by atoms with E-state index in [1.165, 1.54) is 31.0 Å². The third-order valence-corrected chi connectivity index (χ3v) is 5.86. The van der Waals surface area contributed by atoms with E-state index in [1.807, 2.05) is 6.26 Å². The molecule has 24 heavy (non-hydrogen) atoms. The molecule has 1 N–H and O–H groups in total. The molecule has 1 aliphatic heterocycles. The smallest absolute Gasteiger partial charge is 0.255 e. The van der Waals surface area contributed by atoms with Gasteiger partial charge in [-0.2, -0.15) is 0 Å². The third-order valence-electron chi connectivity index (χ3n) is 3.61. The number of benzene rings is 1. The van der Waals surface area contributed by atoms with Crippen LogP contribution in [0.15, 0.2) is 28.0 Å². The van der Waals surface area contributed by atoms with E-state index in [9.17, 15) is 13.2 Å². The number of nitrogens with one attached hydrogen (secondary N) is 1. The Labute approximate surface area is 146 Å². The second-order valence-corrected chi connectivity index (χ2v) is 7.77. The Hall–Kier alpha value is -1.13. The van der Waals surface area contributed by atoms with Crippen molar-refractivity contribution in [3.05, 3.63) is 23.8 Å². The van der Waals surface area contributed by atoms with Crippen molar-refractivity contribution in [2.45, 2.75) is 9.79 Å². The molecule has 0 bridgehead atoms. The van der Waals surface area contributed by atoms with Gasteiger partial charge in [-0.1, -0.05) is 0 Å². The number of hydrogen-bond acceptors (Lipinski definition) is 6. The quantitative estimate of drug-likeness (QED) is 0.561. The lowest BCUT2D eigenvalue weighted by Gasteiger charge is -2.27. The molecular formula is C15H22N2O5S2. The van der Waals surface area contributed by atoms with E-state index in [0.717, 1.165) is 4.90 Å². The van der Waals surface area contributed by atoms with Gasteiger partial charge in [0.2, 0.25) is 10.0 Å². The Bertz CT molecular complexity index is 672. The van der Waals surface area contributed by atoms with Gasteiger partial charge in [-0.3, -0.25) is 4.79 Å². The van der Waals surface area contributed by atoms with Crippen LogP contribution in [0.5, 0.6) is 0 Å². The Morgan fingerprint density at radius 2 is 2.08 bits per heavy atom. The Morgan fingerprint density at radius 1 is 1.38 bits per heavy atom. The molecule has 0 aromatic heterocycles. The highest BCUT2D eigenvalue weighted by atomic mass is 32.2. The first-order valence-corrected chi connectivity index (χ1v) is 10.2. The second kappa shape index (κ2) is 8.82. The summed E-state index contributed by atoms with van der Waals surface area (Å²) in [7, 11) is -2.18. The molecule has 7 nitrogen and oxygen atoms in total. The third kappa shape index (κ3) is 4.70. The number of rotatable bonds is 7. The van der Waals surface area contributed by atoms with Crippen molar-refractivity contribution >= 4 is 27.7 Å². The van der Waals surface area contributed by atoms with Crippen LogP contribution in [0.1, 0.15) is 10.4 Å². The SMILES string of the molecule is COCCNS(=O)(=O)c1ccc(SC)c(C(=O)N2CCOCC2)c1. The zero-order chi connectivity index (χ0) is 17.6. The lowest BCUT2D eigenvalue weighted by molar-refractivity contribution is 0.0300. The highest BCUT2D eigenvalue weighted by Gasteiger charge is 2.23. The molecule has 0 atom stereocenters. The van der Waals surface area contributed by atoms with Crippen LogP contribution in [0.4, 0.5) is 0 Å². The molecule has 1 amide bonds. The first-order chi connectivity index (χ1) is 11.5. The van der Waals surface area contributed by atoms with Gasteiger partial charge < -0.3 is 14.4 Å². The van der Waals surface area contributed by atoms with Crippen LogP contribution < -0.4 is 4.72 Å². The standard InChI is InChI=1S/C15H22N2O5S2/c1-21-8-5-16-24(19,20)12-3-4-14(23-2)13(11-12)15(18)17-6-9-22-10-7-17/h3-4,11,16H,5-10H2,1-2H3. The fourth-order valence-electron chi connectivity index (χ4n) is 2.32. The van der Waals surface area contributed by atoms with Crippen molar-refractivity contribution in [3.63, 3.8) is 0 Å².